The second kappa shape index (κ2) is 6.06. The molecule has 0 bridgehead atoms. The third kappa shape index (κ3) is 3.37. The molecule has 2 aromatic rings. The second-order valence-electron chi connectivity index (χ2n) is 3.84. The van der Waals surface area contributed by atoms with Crippen molar-refractivity contribution < 1.29 is 19.4 Å². The number of aromatic carboxylic acids is 1. The number of amides is 1. The Kier molecular flexibility index (Phi) is 4.41. The van der Waals surface area contributed by atoms with Crippen molar-refractivity contribution in [2.75, 3.05) is 12.4 Å². The van der Waals surface area contributed by atoms with Gasteiger partial charge in [0.15, 0.2) is 0 Å². The number of thiophene rings is 1. The van der Waals surface area contributed by atoms with Crippen LogP contribution in [-0.2, 0) is 0 Å². The van der Waals surface area contributed by atoms with E-state index in [2.05, 4.69) is 21.2 Å². The minimum atomic E-state index is -1.06. The molecule has 2 rings (SSSR count). The largest absolute Gasteiger partial charge is 0.496 e. The van der Waals surface area contributed by atoms with E-state index in [0.717, 1.165) is 0 Å². The lowest BCUT2D eigenvalue weighted by Crippen LogP contribution is -2.11. The number of ether oxygens (including phenoxy) is 1. The normalized spacial score (nSPS) is 10.1. The molecule has 1 amide bonds. The zero-order chi connectivity index (χ0) is 14.7. The summed E-state index contributed by atoms with van der Waals surface area (Å²) >= 11 is 4.46. The molecule has 1 heterocycles. The van der Waals surface area contributed by atoms with Crippen LogP contribution in [0.25, 0.3) is 0 Å². The van der Waals surface area contributed by atoms with Gasteiger partial charge in [0.25, 0.3) is 5.91 Å². The Bertz CT molecular complexity index is 668. The lowest BCUT2D eigenvalue weighted by atomic mass is 10.2. The van der Waals surface area contributed by atoms with Gasteiger partial charge in [-0.15, -0.1) is 11.3 Å². The van der Waals surface area contributed by atoms with Crippen molar-refractivity contribution in [1.29, 1.82) is 0 Å². The highest BCUT2D eigenvalue weighted by molar-refractivity contribution is 9.10. The number of benzene rings is 1. The molecule has 2 N–H and O–H groups in total. The summed E-state index contributed by atoms with van der Waals surface area (Å²) in [6, 6.07) is 6.12. The van der Waals surface area contributed by atoms with E-state index < -0.39 is 5.97 Å². The van der Waals surface area contributed by atoms with Gasteiger partial charge in [-0.1, -0.05) is 15.9 Å². The van der Waals surface area contributed by atoms with E-state index >= 15 is 0 Å². The van der Waals surface area contributed by atoms with Crippen LogP contribution >= 0.6 is 27.3 Å². The molecule has 7 heteroatoms. The zero-order valence-corrected chi connectivity index (χ0v) is 12.7. The Morgan fingerprint density at radius 2 is 2.05 bits per heavy atom. The van der Waals surface area contributed by atoms with E-state index in [1.165, 1.54) is 30.6 Å². The Morgan fingerprint density at radius 3 is 2.65 bits per heavy atom. The standard InChI is InChI=1S/C13H10BrNO4S/c1-19-10-5-11(20-6-10)12(16)15-9-3-7(13(17)18)2-8(14)4-9/h2-6H,1H3,(H,15,16)(H,17,18). The summed E-state index contributed by atoms with van der Waals surface area (Å²) in [5.41, 5.74) is 0.507. The minimum Gasteiger partial charge on any atom is -0.496 e. The van der Waals surface area contributed by atoms with Gasteiger partial charge in [0, 0.05) is 21.6 Å². The molecule has 104 valence electrons. The highest BCUT2D eigenvalue weighted by Crippen LogP contribution is 2.24. The molecule has 0 aliphatic carbocycles. The molecule has 0 fully saturated rings. The van der Waals surface area contributed by atoms with E-state index in [-0.39, 0.29) is 11.5 Å². The molecule has 0 aliphatic heterocycles. The summed E-state index contributed by atoms with van der Waals surface area (Å²) in [5, 5.41) is 13.3. The summed E-state index contributed by atoms with van der Waals surface area (Å²) < 4.78 is 5.59. The molecule has 0 radical (unpaired) electrons. The molecule has 1 aromatic heterocycles. The van der Waals surface area contributed by atoms with E-state index in [9.17, 15) is 9.59 Å². The smallest absolute Gasteiger partial charge is 0.335 e. The highest BCUT2D eigenvalue weighted by Gasteiger charge is 2.12. The number of halogens is 1. The zero-order valence-electron chi connectivity index (χ0n) is 10.3. The molecule has 0 atom stereocenters. The Labute approximate surface area is 127 Å². The van der Waals surface area contributed by atoms with Crippen LogP contribution in [0, 0.1) is 0 Å². The van der Waals surface area contributed by atoms with Gasteiger partial charge in [-0.25, -0.2) is 4.79 Å². The number of hydrogen-bond acceptors (Lipinski definition) is 4. The van der Waals surface area contributed by atoms with Crippen LogP contribution in [0.3, 0.4) is 0 Å². The Hall–Kier alpha value is -1.86. The lowest BCUT2D eigenvalue weighted by molar-refractivity contribution is 0.0696. The first-order valence-electron chi connectivity index (χ1n) is 5.47. The summed E-state index contributed by atoms with van der Waals surface area (Å²) in [5.74, 6) is -0.757. The molecule has 20 heavy (non-hydrogen) atoms. The van der Waals surface area contributed by atoms with Gasteiger partial charge in [-0.2, -0.15) is 0 Å². The van der Waals surface area contributed by atoms with Crippen molar-refractivity contribution in [2.45, 2.75) is 0 Å². The maximum atomic E-state index is 12.0. The van der Waals surface area contributed by atoms with Crippen LogP contribution in [0.4, 0.5) is 5.69 Å². The van der Waals surface area contributed by atoms with Gasteiger partial charge in [0.05, 0.1) is 17.6 Å². The molecule has 0 saturated heterocycles. The molecular weight excluding hydrogens is 346 g/mol. The monoisotopic (exact) mass is 355 g/mol. The molecule has 1 aromatic carbocycles. The minimum absolute atomic E-state index is 0.0958. The number of anilines is 1. The fourth-order valence-corrected chi connectivity index (χ4v) is 2.77. The average molecular weight is 356 g/mol. The van der Waals surface area contributed by atoms with E-state index in [1.54, 1.807) is 17.5 Å². The number of nitrogens with one attached hydrogen (secondary N) is 1. The highest BCUT2D eigenvalue weighted by atomic mass is 79.9. The van der Waals surface area contributed by atoms with Crippen molar-refractivity contribution in [2.24, 2.45) is 0 Å². The van der Waals surface area contributed by atoms with Crippen LogP contribution in [0.1, 0.15) is 20.0 Å². The predicted octanol–water partition coefficient (Wildman–Crippen LogP) is 3.47. The quantitative estimate of drug-likeness (QED) is 0.880. The van der Waals surface area contributed by atoms with Gasteiger partial charge >= 0.3 is 5.97 Å². The maximum Gasteiger partial charge on any atom is 0.335 e. The molecule has 0 unspecified atom stereocenters. The number of methoxy groups -OCH3 is 1. The SMILES string of the molecule is COc1csc(C(=O)Nc2cc(Br)cc(C(=O)O)c2)c1. The Morgan fingerprint density at radius 1 is 1.30 bits per heavy atom. The van der Waals surface area contributed by atoms with Crippen molar-refractivity contribution in [1.82, 2.24) is 0 Å². The first-order valence-corrected chi connectivity index (χ1v) is 7.14. The van der Waals surface area contributed by atoms with E-state index in [1.807, 2.05) is 0 Å². The third-order valence-electron chi connectivity index (χ3n) is 2.44. The Balaban J connectivity index is 2.21. The first kappa shape index (κ1) is 14.5. The van der Waals surface area contributed by atoms with Crippen LogP contribution < -0.4 is 10.1 Å². The topological polar surface area (TPSA) is 75.6 Å². The van der Waals surface area contributed by atoms with E-state index in [4.69, 9.17) is 9.84 Å². The molecule has 0 saturated carbocycles. The number of carbonyl (C=O) groups excluding carboxylic acids is 1. The third-order valence-corrected chi connectivity index (χ3v) is 3.80. The summed E-state index contributed by atoms with van der Waals surface area (Å²) in [7, 11) is 1.52. The second-order valence-corrected chi connectivity index (χ2v) is 5.67. The van der Waals surface area contributed by atoms with Crippen molar-refractivity contribution >= 4 is 44.8 Å². The van der Waals surface area contributed by atoms with Crippen LogP contribution in [0.15, 0.2) is 34.1 Å². The molecule has 0 spiro atoms. The van der Waals surface area contributed by atoms with E-state index in [0.29, 0.717) is 20.8 Å². The number of carboxylic acid groups (broad SMARTS) is 1. The average Bonchev–Trinajstić information content (AvgIpc) is 2.86. The predicted molar refractivity (Wildman–Crippen MR) is 79.9 cm³/mol. The van der Waals surface area contributed by atoms with Crippen molar-refractivity contribution in [3.8, 4) is 5.75 Å². The molecule has 5 nitrogen and oxygen atoms in total. The summed E-state index contributed by atoms with van der Waals surface area (Å²) in [4.78, 5) is 23.5. The van der Waals surface area contributed by atoms with Crippen molar-refractivity contribution in [3.63, 3.8) is 0 Å². The number of hydrogen-bond donors (Lipinski definition) is 2. The molecule has 0 aliphatic rings. The van der Waals surface area contributed by atoms with Crippen molar-refractivity contribution in [3.05, 3.63) is 44.6 Å². The number of carbonyl (C=O) groups is 2. The van der Waals surface area contributed by atoms with Gasteiger partial charge in [-0.05, 0) is 18.2 Å². The number of carboxylic acids is 1. The van der Waals surface area contributed by atoms with Gasteiger partial charge in [0.1, 0.15) is 5.75 Å². The fourth-order valence-electron chi connectivity index (χ4n) is 1.52. The lowest BCUT2D eigenvalue weighted by Gasteiger charge is -2.05. The molecular formula is C13H10BrNO4S. The summed E-state index contributed by atoms with van der Waals surface area (Å²) in [6.07, 6.45) is 0. The number of rotatable bonds is 4. The van der Waals surface area contributed by atoms with Crippen LogP contribution in [0.2, 0.25) is 0 Å². The van der Waals surface area contributed by atoms with Crippen LogP contribution in [0.5, 0.6) is 5.75 Å². The van der Waals surface area contributed by atoms with Gasteiger partial charge in [-0.3, -0.25) is 4.79 Å². The van der Waals surface area contributed by atoms with Gasteiger partial charge in [0.2, 0.25) is 0 Å². The summed E-state index contributed by atoms with van der Waals surface area (Å²) in [6.45, 7) is 0. The van der Waals surface area contributed by atoms with Gasteiger partial charge < -0.3 is 15.2 Å². The first-order chi connectivity index (χ1) is 9.49. The van der Waals surface area contributed by atoms with Crippen LogP contribution in [-0.4, -0.2) is 24.1 Å². The maximum absolute atomic E-state index is 12.0. The fraction of sp³-hybridized carbons (Fsp3) is 0.0769.